The van der Waals surface area contributed by atoms with Crippen LogP contribution in [0.2, 0.25) is 0 Å². The van der Waals surface area contributed by atoms with Crippen LogP contribution in [-0.4, -0.2) is 50.6 Å². The van der Waals surface area contributed by atoms with Crippen molar-refractivity contribution in [1.82, 2.24) is 9.88 Å². The molecule has 1 aliphatic rings. The predicted octanol–water partition coefficient (Wildman–Crippen LogP) is 2.13. The third-order valence-electron chi connectivity index (χ3n) is 5.25. The Kier molecular flexibility index (Phi) is 5.54. The molecule has 9 nitrogen and oxygen atoms in total. The molecular weight excluding hydrogens is 444 g/mol. The summed E-state index contributed by atoms with van der Waals surface area (Å²) in [5, 5.41) is 0. The highest BCUT2D eigenvalue weighted by Gasteiger charge is 2.50. The van der Waals surface area contributed by atoms with Crippen LogP contribution in [0.5, 0.6) is 11.5 Å². The van der Waals surface area contributed by atoms with Gasteiger partial charge in [-0.05, 0) is 47.0 Å². The molecule has 2 N–H and O–H groups in total. The quantitative estimate of drug-likeness (QED) is 0.552. The molecule has 0 radical (unpaired) electrons. The first-order valence-electron chi connectivity index (χ1n) is 9.88. The highest BCUT2D eigenvalue weighted by Crippen LogP contribution is 2.40. The molecule has 1 unspecified atom stereocenters. The fourth-order valence-electron chi connectivity index (χ4n) is 3.72. The second-order valence-corrected chi connectivity index (χ2v) is 9.10. The molecule has 2 heterocycles. The number of carbonyl (C=O) groups excluding carboxylic acids is 1. The lowest BCUT2D eigenvalue weighted by Crippen LogP contribution is -2.41. The van der Waals surface area contributed by atoms with Gasteiger partial charge in [-0.3, -0.25) is 14.7 Å². The third-order valence-corrected chi connectivity index (χ3v) is 5.75. The van der Waals surface area contributed by atoms with Gasteiger partial charge in [-0.25, -0.2) is 4.99 Å². The van der Waals surface area contributed by atoms with Crippen molar-refractivity contribution in [2.75, 3.05) is 20.4 Å². The molecule has 0 saturated carbocycles. The van der Waals surface area contributed by atoms with Crippen LogP contribution in [-0.2, 0) is 20.5 Å². The first kappa shape index (κ1) is 22.3. The van der Waals surface area contributed by atoms with Gasteiger partial charge in [0.2, 0.25) is 5.54 Å². The minimum Gasteiger partial charge on any atom is -0.497 e. The molecule has 0 aliphatic carbocycles. The lowest BCUT2D eigenvalue weighted by atomic mass is 9.84. The number of aromatic nitrogens is 1. The SMILES string of the molecule is COc1cc(OS(C)(=O)=O)cc(-c2cccc(C3(c4ccccn4)N=C(N)N(C)C3=O)c2)c1. The van der Waals surface area contributed by atoms with Crippen LogP contribution >= 0.6 is 0 Å². The van der Waals surface area contributed by atoms with Crippen LogP contribution in [0.4, 0.5) is 0 Å². The Morgan fingerprint density at radius 3 is 2.36 bits per heavy atom. The number of pyridine rings is 1. The number of aliphatic imine (C=N–C) groups is 1. The maximum absolute atomic E-state index is 13.4. The molecule has 1 aromatic heterocycles. The van der Waals surface area contributed by atoms with E-state index < -0.39 is 15.7 Å². The lowest BCUT2D eigenvalue weighted by Gasteiger charge is -2.25. The molecule has 33 heavy (non-hydrogen) atoms. The van der Waals surface area contributed by atoms with E-state index in [1.165, 1.54) is 18.1 Å². The normalized spacial score (nSPS) is 18.2. The standard InChI is InChI=1S/C23H22N4O5S/c1-27-21(28)23(26-22(27)24,20-9-4-5-10-25-20)17-8-6-7-15(11-17)16-12-18(31-2)14-19(13-16)32-33(3,29)30/h4-14H,1-3H3,(H2,24,26). The zero-order valence-electron chi connectivity index (χ0n) is 18.2. The summed E-state index contributed by atoms with van der Waals surface area (Å²) in [7, 11) is -0.699. The Labute approximate surface area is 191 Å². The Morgan fingerprint density at radius 1 is 1.00 bits per heavy atom. The van der Waals surface area contributed by atoms with Gasteiger partial charge in [0.15, 0.2) is 5.96 Å². The van der Waals surface area contributed by atoms with Crippen LogP contribution in [0.1, 0.15) is 11.3 Å². The summed E-state index contributed by atoms with van der Waals surface area (Å²) in [5.74, 6) is 0.273. The maximum Gasteiger partial charge on any atom is 0.306 e. The molecule has 1 atom stereocenters. The fourth-order valence-corrected chi connectivity index (χ4v) is 4.17. The Hall–Kier alpha value is -3.92. The molecule has 170 valence electrons. The van der Waals surface area contributed by atoms with Crippen molar-refractivity contribution in [2.24, 2.45) is 10.7 Å². The molecule has 3 aromatic rings. The highest BCUT2D eigenvalue weighted by atomic mass is 32.2. The summed E-state index contributed by atoms with van der Waals surface area (Å²) in [6.45, 7) is 0. The summed E-state index contributed by atoms with van der Waals surface area (Å²) >= 11 is 0. The largest absolute Gasteiger partial charge is 0.497 e. The molecular formula is C23H22N4O5S. The summed E-state index contributed by atoms with van der Waals surface area (Å²) < 4.78 is 33.6. The van der Waals surface area contributed by atoms with Crippen molar-refractivity contribution in [1.29, 1.82) is 0 Å². The lowest BCUT2D eigenvalue weighted by molar-refractivity contribution is -0.129. The van der Waals surface area contributed by atoms with Crippen LogP contribution in [0.15, 0.2) is 71.9 Å². The smallest absolute Gasteiger partial charge is 0.306 e. The van der Waals surface area contributed by atoms with Gasteiger partial charge in [-0.2, -0.15) is 8.42 Å². The monoisotopic (exact) mass is 466 g/mol. The van der Waals surface area contributed by atoms with E-state index in [4.69, 9.17) is 14.7 Å². The molecule has 0 saturated heterocycles. The topological polar surface area (TPSA) is 124 Å². The number of ether oxygens (including phenoxy) is 1. The van der Waals surface area contributed by atoms with E-state index in [0.717, 1.165) is 6.26 Å². The van der Waals surface area contributed by atoms with Crippen LogP contribution in [0, 0.1) is 0 Å². The molecule has 2 aromatic carbocycles. The summed E-state index contributed by atoms with van der Waals surface area (Å²) in [6, 6.07) is 17.2. The number of carbonyl (C=O) groups is 1. The van der Waals surface area contributed by atoms with Crippen molar-refractivity contribution in [3.63, 3.8) is 0 Å². The number of methoxy groups -OCH3 is 1. The average Bonchev–Trinajstić information content (AvgIpc) is 3.03. The maximum atomic E-state index is 13.4. The Morgan fingerprint density at radius 2 is 1.76 bits per heavy atom. The van der Waals surface area contributed by atoms with Crippen molar-refractivity contribution >= 4 is 22.0 Å². The number of benzene rings is 2. The van der Waals surface area contributed by atoms with E-state index in [2.05, 4.69) is 9.98 Å². The zero-order chi connectivity index (χ0) is 23.8. The van der Waals surface area contributed by atoms with Crippen LogP contribution in [0.25, 0.3) is 11.1 Å². The van der Waals surface area contributed by atoms with E-state index in [-0.39, 0.29) is 17.6 Å². The Bertz CT molecular complexity index is 1360. The van der Waals surface area contributed by atoms with Gasteiger partial charge in [0, 0.05) is 19.3 Å². The number of amides is 1. The molecule has 0 fully saturated rings. The van der Waals surface area contributed by atoms with Gasteiger partial charge in [0.05, 0.1) is 19.1 Å². The summed E-state index contributed by atoms with van der Waals surface area (Å²) in [6.07, 6.45) is 2.56. The van der Waals surface area contributed by atoms with Gasteiger partial charge in [0.25, 0.3) is 5.91 Å². The zero-order valence-corrected chi connectivity index (χ0v) is 19.0. The Balaban J connectivity index is 1.89. The van der Waals surface area contributed by atoms with E-state index >= 15 is 0 Å². The molecule has 0 spiro atoms. The molecule has 10 heteroatoms. The number of nitrogens with two attached hydrogens (primary N) is 1. The van der Waals surface area contributed by atoms with Crippen molar-refractivity contribution < 1.29 is 22.1 Å². The number of guanidine groups is 1. The van der Waals surface area contributed by atoms with Crippen molar-refractivity contribution in [2.45, 2.75) is 5.54 Å². The molecule has 1 aliphatic heterocycles. The van der Waals surface area contributed by atoms with E-state index in [0.29, 0.717) is 28.1 Å². The van der Waals surface area contributed by atoms with E-state index in [1.54, 1.807) is 61.8 Å². The summed E-state index contributed by atoms with van der Waals surface area (Å²) in [5.41, 5.74) is 6.89. The van der Waals surface area contributed by atoms with Gasteiger partial charge in [-0.15, -0.1) is 0 Å². The van der Waals surface area contributed by atoms with Crippen molar-refractivity contribution in [3.05, 3.63) is 78.1 Å². The summed E-state index contributed by atoms with van der Waals surface area (Å²) in [4.78, 5) is 23.6. The van der Waals surface area contributed by atoms with Gasteiger partial charge in [-0.1, -0.05) is 24.3 Å². The molecule has 1 amide bonds. The van der Waals surface area contributed by atoms with Crippen molar-refractivity contribution in [3.8, 4) is 22.6 Å². The van der Waals surface area contributed by atoms with E-state index in [1.807, 2.05) is 6.07 Å². The predicted molar refractivity (Wildman–Crippen MR) is 123 cm³/mol. The second kappa shape index (κ2) is 8.21. The minimum absolute atomic E-state index is 0.0845. The minimum atomic E-state index is -3.73. The number of likely N-dealkylation sites (N-methyl/N-ethyl adjacent to an activating group) is 1. The van der Waals surface area contributed by atoms with E-state index in [9.17, 15) is 13.2 Å². The molecule has 4 rings (SSSR count). The van der Waals surface area contributed by atoms with Gasteiger partial charge < -0.3 is 14.7 Å². The number of nitrogens with zero attached hydrogens (tertiary/aromatic N) is 3. The number of hydrogen-bond acceptors (Lipinski definition) is 8. The average molecular weight is 467 g/mol. The third kappa shape index (κ3) is 4.12. The first-order valence-corrected chi connectivity index (χ1v) is 11.7. The number of hydrogen-bond donors (Lipinski definition) is 1. The van der Waals surface area contributed by atoms with Gasteiger partial charge in [0.1, 0.15) is 11.5 Å². The second-order valence-electron chi connectivity index (χ2n) is 7.53. The first-order chi connectivity index (χ1) is 15.6. The van der Waals surface area contributed by atoms with Crippen LogP contribution in [0.3, 0.4) is 0 Å². The van der Waals surface area contributed by atoms with Gasteiger partial charge >= 0.3 is 10.1 Å². The fraction of sp³-hybridized carbons (Fsp3) is 0.174. The highest BCUT2D eigenvalue weighted by molar-refractivity contribution is 7.86. The number of rotatable bonds is 6. The van der Waals surface area contributed by atoms with Crippen LogP contribution < -0.4 is 14.7 Å². The molecule has 0 bridgehead atoms.